The van der Waals surface area contributed by atoms with Crippen LogP contribution in [0.1, 0.15) is 19.8 Å². The lowest BCUT2D eigenvalue weighted by atomic mass is 10.3. The summed E-state index contributed by atoms with van der Waals surface area (Å²) in [6.07, 6.45) is 5.21. The average molecular weight is 165 g/mol. The minimum absolute atomic E-state index is 0.257. The predicted octanol–water partition coefficient (Wildman–Crippen LogP) is 1.74. The number of nitrogens with zero attached hydrogens (tertiary/aromatic N) is 1. The van der Waals surface area contributed by atoms with Gasteiger partial charge in [-0.3, -0.25) is 4.79 Å². The van der Waals surface area contributed by atoms with Gasteiger partial charge in [-0.1, -0.05) is 6.08 Å². The average Bonchev–Trinajstić information content (AvgIpc) is 2.47. The highest BCUT2D eigenvalue weighted by Gasteiger charge is 2.15. The third-order valence-corrected chi connectivity index (χ3v) is 2.09. The normalized spacial score (nSPS) is 16.1. The van der Waals surface area contributed by atoms with Gasteiger partial charge >= 0.3 is 0 Å². The molecule has 0 aromatic carbocycles. The summed E-state index contributed by atoms with van der Waals surface area (Å²) < 4.78 is 0. The Morgan fingerprint density at radius 1 is 1.67 bits per heavy atom. The van der Waals surface area contributed by atoms with Crippen LogP contribution in [0.3, 0.4) is 0 Å². The van der Waals surface area contributed by atoms with Crippen molar-refractivity contribution >= 4 is 5.78 Å². The summed E-state index contributed by atoms with van der Waals surface area (Å²) in [4.78, 5) is 13.1. The van der Waals surface area contributed by atoms with Crippen LogP contribution in [0.4, 0.5) is 0 Å². The van der Waals surface area contributed by atoms with E-state index in [0.717, 1.165) is 19.5 Å². The first-order valence-electron chi connectivity index (χ1n) is 4.37. The van der Waals surface area contributed by atoms with Crippen LogP contribution < -0.4 is 0 Å². The molecule has 0 aromatic heterocycles. The van der Waals surface area contributed by atoms with Crippen molar-refractivity contribution in [3.63, 3.8) is 0 Å². The molecule has 0 saturated carbocycles. The van der Waals surface area contributed by atoms with Crippen LogP contribution in [0.2, 0.25) is 0 Å². The van der Waals surface area contributed by atoms with Gasteiger partial charge in [0, 0.05) is 31.3 Å². The maximum absolute atomic E-state index is 10.9. The maximum atomic E-state index is 10.9. The molecule has 12 heavy (non-hydrogen) atoms. The zero-order chi connectivity index (χ0) is 8.97. The van der Waals surface area contributed by atoms with E-state index in [1.165, 1.54) is 5.70 Å². The van der Waals surface area contributed by atoms with Gasteiger partial charge < -0.3 is 4.90 Å². The molecule has 0 heterocycles. The third kappa shape index (κ3) is 1.97. The first-order valence-corrected chi connectivity index (χ1v) is 4.37. The van der Waals surface area contributed by atoms with Gasteiger partial charge in [-0.25, -0.2) is 0 Å². The van der Waals surface area contributed by atoms with Crippen LogP contribution in [0, 0.1) is 0 Å². The topological polar surface area (TPSA) is 20.3 Å². The van der Waals surface area contributed by atoms with E-state index in [9.17, 15) is 4.79 Å². The monoisotopic (exact) mass is 165 g/mol. The zero-order valence-corrected chi connectivity index (χ0v) is 7.55. The molecule has 0 aliphatic heterocycles. The van der Waals surface area contributed by atoms with Gasteiger partial charge in [0.25, 0.3) is 0 Å². The van der Waals surface area contributed by atoms with Gasteiger partial charge in [-0.15, -0.1) is 6.58 Å². The summed E-state index contributed by atoms with van der Waals surface area (Å²) in [5, 5.41) is 0. The molecule has 0 atom stereocenters. The van der Waals surface area contributed by atoms with Crippen LogP contribution in [0.15, 0.2) is 24.4 Å². The number of hydrogen-bond donors (Lipinski definition) is 0. The number of carbonyl (C=O) groups is 1. The molecule has 0 fully saturated rings. The lowest BCUT2D eigenvalue weighted by molar-refractivity contribution is -0.114. The van der Waals surface area contributed by atoms with Crippen molar-refractivity contribution in [2.24, 2.45) is 0 Å². The highest BCUT2D eigenvalue weighted by molar-refractivity contribution is 5.92. The van der Waals surface area contributed by atoms with Gasteiger partial charge in [0.1, 0.15) is 0 Å². The molecule has 0 amide bonds. The molecule has 0 N–H and O–H groups in total. The van der Waals surface area contributed by atoms with Crippen molar-refractivity contribution in [3.8, 4) is 0 Å². The van der Waals surface area contributed by atoms with E-state index in [0.29, 0.717) is 6.42 Å². The van der Waals surface area contributed by atoms with Crippen LogP contribution in [-0.4, -0.2) is 23.8 Å². The van der Waals surface area contributed by atoms with Crippen LogP contribution in [0.5, 0.6) is 0 Å². The Morgan fingerprint density at radius 3 is 2.83 bits per heavy atom. The second-order valence-corrected chi connectivity index (χ2v) is 2.93. The third-order valence-electron chi connectivity index (χ3n) is 2.09. The summed E-state index contributed by atoms with van der Waals surface area (Å²) in [6, 6.07) is 0. The largest absolute Gasteiger partial charge is 0.371 e. The Balaban J connectivity index is 2.59. The molecule has 0 saturated heterocycles. The quantitative estimate of drug-likeness (QED) is 0.591. The summed E-state index contributed by atoms with van der Waals surface area (Å²) in [5.41, 5.74) is 1.17. The van der Waals surface area contributed by atoms with E-state index in [4.69, 9.17) is 0 Å². The van der Waals surface area contributed by atoms with Crippen LogP contribution in [0.25, 0.3) is 0 Å². The summed E-state index contributed by atoms with van der Waals surface area (Å²) in [7, 11) is 0. The van der Waals surface area contributed by atoms with Crippen molar-refractivity contribution in [3.05, 3.63) is 24.4 Å². The Hall–Kier alpha value is -1.05. The van der Waals surface area contributed by atoms with E-state index in [-0.39, 0.29) is 5.78 Å². The maximum Gasteiger partial charge on any atom is 0.157 e. The molecule has 1 aliphatic carbocycles. The molecule has 1 rings (SSSR count). The Labute approximate surface area is 73.6 Å². The highest BCUT2D eigenvalue weighted by Crippen LogP contribution is 2.18. The molecule has 1 aliphatic rings. The number of carbonyl (C=O) groups excluding carboxylic acids is 1. The van der Waals surface area contributed by atoms with Gasteiger partial charge in [0.05, 0.1) is 0 Å². The summed E-state index contributed by atoms with van der Waals surface area (Å²) in [5.74, 6) is 0.257. The van der Waals surface area contributed by atoms with Crippen molar-refractivity contribution in [2.45, 2.75) is 19.8 Å². The number of hydrogen-bond acceptors (Lipinski definition) is 2. The van der Waals surface area contributed by atoms with Gasteiger partial charge in [0.2, 0.25) is 0 Å². The van der Waals surface area contributed by atoms with E-state index in [2.05, 4.69) is 18.4 Å². The molecule has 66 valence electrons. The molecule has 0 unspecified atom stereocenters. The van der Waals surface area contributed by atoms with E-state index < -0.39 is 0 Å². The van der Waals surface area contributed by atoms with Crippen LogP contribution >= 0.6 is 0 Å². The number of rotatable bonds is 4. The van der Waals surface area contributed by atoms with Crippen molar-refractivity contribution in [1.82, 2.24) is 4.90 Å². The number of likely N-dealkylation sites (N-methyl/N-ethyl adjacent to an activating group) is 1. The standard InChI is InChI=1S/C10H15NO/c1-3-7-11(4-2)9-5-6-10(12)8-9/h3,8H,1,4-7H2,2H3. The second-order valence-electron chi connectivity index (χ2n) is 2.93. The van der Waals surface area contributed by atoms with E-state index in [1.54, 1.807) is 6.08 Å². The molecule has 2 nitrogen and oxygen atoms in total. The highest BCUT2D eigenvalue weighted by atomic mass is 16.1. The molecular formula is C10H15NO. The molecule has 2 heteroatoms. The fourth-order valence-corrected chi connectivity index (χ4v) is 1.44. The Bertz CT molecular complexity index is 218. The molecule has 0 aromatic rings. The Morgan fingerprint density at radius 2 is 2.42 bits per heavy atom. The van der Waals surface area contributed by atoms with E-state index >= 15 is 0 Å². The van der Waals surface area contributed by atoms with Crippen molar-refractivity contribution in [1.29, 1.82) is 0 Å². The summed E-state index contributed by atoms with van der Waals surface area (Å²) in [6.45, 7) is 7.57. The molecule has 0 radical (unpaired) electrons. The SMILES string of the molecule is C=CCN(CC)C1=CC(=O)CC1. The molecule has 0 bridgehead atoms. The van der Waals surface area contributed by atoms with Crippen LogP contribution in [-0.2, 0) is 4.79 Å². The first-order chi connectivity index (χ1) is 5.77. The van der Waals surface area contributed by atoms with Crippen molar-refractivity contribution in [2.75, 3.05) is 13.1 Å². The lowest BCUT2D eigenvalue weighted by Gasteiger charge is -2.21. The van der Waals surface area contributed by atoms with E-state index in [1.807, 2.05) is 6.08 Å². The smallest absolute Gasteiger partial charge is 0.157 e. The van der Waals surface area contributed by atoms with Gasteiger partial charge in [0.15, 0.2) is 5.78 Å². The van der Waals surface area contributed by atoms with Crippen molar-refractivity contribution < 1.29 is 4.79 Å². The zero-order valence-electron chi connectivity index (χ0n) is 7.55. The summed E-state index contributed by atoms with van der Waals surface area (Å²) >= 11 is 0. The number of allylic oxidation sites excluding steroid dienone is 2. The minimum Gasteiger partial charge on any atom is -0.371 e. The Kier molecular flexibility index (Phi) is 3.09. The second kappa shape index (κ2) is 4.10. The molecular weight excluding hydrogens is 150 g/mol. The first kappa shape index (κ1) is 9.04. The predicted molar refractivity (Wildman–Crippen MR) is 49.8 cm³/mol. The molecule has 0 spiro atoms. The number of ketones is 1. The fraction of sp³-hybridized carbons (Fsp3) is 0.500. The van der Waals surface area contributed by atoms with Gasteiger partial charge in [-0.05, 0) is 13.3 Å². The minimum atomic E-state index is 0.257. The fourth-order valence-electron chi connectivity index (χ4n) is 1.44. The van der Waals surface area contributed by atoms with Gasteiger partial charge in [-0.2, -0.15) is 0 Å². The lowest BCUT2D eigenvalue weighted by Crippen LogP contribution is -2.21.